The molecular weight excluding hydrogens is 344 g/mol. The predicted octanol–water partition coefficient (Wildman–Crippen LogP) is 4.09. The van der Waals surface area contributed by atoms with E-state index in [-0.39, 0.29) is 0 Å². The fourth-order valence-electron chi connectivity index (χ4n) is 2.92. The van der Waals surface area contributed by atoms with Crippen LogP contribution in [0, 0.1) is 0 Å². The van der Waals surface area contributed by atoms with Gasteiger partial charge in [-0.3, -0.25) is 0 Å². The van der Waals surface area contributed by atoms with E-state index < -0.39 is 0 Å². The lowest BCUT2D eigenvalue weighted by Crippen LogP contribution is -1.98. The number of hydrogen-bond acceptors (Lipinski definition) is 6. The van der Waals surface area contributed by atoms with Gasteiger partial charge in [0.05, 0.1) is 30.6 Å². The molecule has 0 N–H and O–H groups in total. The van der Waals surface area contributed by atoms with E-state index >= 15 is 0 Å². The monoisotopic (exact) mass is 364 g/mol. The summed E-state index contributed by atoms with van der Waals surface area (Å²) in [4.78, 5) is 8.91. The Balaban J connectivity index is 1.67. The maximum Gasteiger partial charge on any atom is 0.258 e. The number of fused-ring (bicyclic) bond motifs is 1. The smallest absolute Gasteiger partial charge is 0.258 e. The van der Waals surface area contributed by atoms with E-state index in [1.165, 1.54) is 0 Å². The van der Waals surface area contributed by atoms with Gasteiger partial charge in [0.25, 0.3) is 5.89 Å². The van der Waals surface area contributed by atoms with E-state index in [9.17, 15) is 0 Å². The number of ether oxygens (including phenoxy) is 2. The lowest BCUT2D eigenvalue weighted by molar-refractivity contribution is 0.288. The molecule has 0 saturated heterocycles. The molecule has 0 radical (unpaired) electrons. The molecule has 0 unspecified atom stereocenters. The van der Waals surface area contributed by atoms with Gasteiger partial charge >= 0.3 is 0 Å². The SMILES string of the molecule is CCOc1ccc(-c2nc(-c3ccc4c(c3)ncn4C)no2)cc1OCC. The van der Waals surface area contributed by atoms with Crippen molar-refractivity contribution < 1.29 is 14.0 Å². The number of aromatic nitrogens is 4. The van der Waals surface area contributed by atoms with Gasteiger partial charge in [-0.2, -0.15) is 4.98 Å². The normalized spacial score (nSPS) is 11.1. The molecule has 2 aromatic heterocycles. The molecule has 0 fully saturated rings. The minimum absolute atomic E-state index is 0.426. The number of imidazole rings is 1. The van der Waals surface area contributed by atoms with Crippen LogP contribution in [0.5, 0.6) is 11.5 Å². The Labute approximate surface area is 156 Å². The Morgan fingerprint density at radius 2 is 1.74 bits per heavy atom. The van der Waals surface area contributed by atoms with Gasteiger partial charge in [0.1, 0.15) is 0 Å². The van der Waals surface area contributed by atoms with Gasteiger partial charge in [-0.25, -0.2) is 4.98 Å². The summed E-state index contributed by atoms with van der Waals surface area (Å²) in [5.41, 5.74) is 3.57. The second kappa shape index (κ2) is 7.11. The average molecular weight is 364 g/mol. The van der Waals surface area contributed by atoms with Gasteiger partial charge in [0, 0.05) is 18.2 Å². The Kier molecular flexibility index (Phi) is 4.50. The molecular formula is C20H20N4O3. The topological polar surface area (TPSA) is 75.2 Å². The van der Waals surface area contributed by atoms with Crippen molar-refractivity contribution in [1.82, 2.24) is 19.7 Å². The lowest BCUT2D eigenvalue weighted by atomic mass is 10.2. The van der Waals surface area contributed by atoms with Gasteiger partial charge < -0.3 is 18.6 Å². The number of benzene rings is 2. The Bertz CT molecular complexity index is 1080. The maximum absolute atomic E-state index is 5.67. The fourth-order valence-corrected chi connectivity index (χ4v) is 2.92. The first-order valence-electron chi connectivity index (χ1n) is 8.84. The van der Waals surface area contributed by atoms with E-state index in [1.807, 2.05) is 61.9 Å². The maximum atomic E-state index is 5.67. The summed E-state index contributed by atoms with van der Waals surface area (Å²) < 4.78 is 18.7. The molecule has 0 atom stereocenters. The molecule has 138 valence electrons. The minimum atomic E-state index is 0.426. The molecule has 2 aromatic carbocycles. The summed E-state index contributed by atoms with van der Waals surface area (Å²) in [5.74, 6) is 2.30. The molecule has 27 heavy (non-hydrogen) atoms. The van der Waals surface area contributed by atoms with Crippen molar-refractivity contribution in [2.45, 2.75) is 13.8 Å². The quantitative estimate of drug-likeness (QED) is 0.513. The van der Waals surface area contributed by atoms with E-state index in [2.05, 4.69) is 15.1 Å². The molecule has 0 saturated carbocycles. The van der Waals surface area contributed by atoms with Gasteiger partial charge in [-0.15, -0.1) is 0 Å². The molecule has 0 aliphatic heterocycles. The van der Waals surface area contributed by atoms with Crippen LogP contribution >= 0.6 is 0 Å². The van der Waals surface area contributed by atoms with Crippen molar-refractivity contribution in [3.05, 3.63) is 42.7 Å². The van der Waals surface area contributed by atoms with Crippen LogP contribution in [-0.2, 0) is 7.05 Å². The molecule has 0 aliphatic rings. The Morgan fingerprint density at radius 3 is 2.56 bits per heavy atom. The third-order valence-corrected chi connectivity index (χ3v) is 4.20. The van der Waals surface area contributed by atoms with E-state index in [0.717, 1.165) is 22.2 Å². The molecule has 4 rings (SSSR count). The first-order chi connectivity index (χ1) is 13.2. The Hall–Kier alpha value is -3.35. The van der Waals surface area contributed by atoms with Crippen molar-refractivity contribution >= 4 is 11.0 Å². The van der Waals surface area contributed by atoms with Crippen molar-refractivity contribution in [1.29, 1.82) is 0 Å². The number of aryl methyl sites for hydroxylation is 1. The molecule has 7 heteroatoms. The van der Waals surface area contributed by atoms with E-state index in [0.29, 0.717) is 36.4 Å². The lowest BCUT2D eigenvalue weighted by Gasteiger charge is -2.11. The molecule has 0 aliphatic carbocycles. The van der Waals surface area contributed by atoms with Gasteiger partial charge in [0.15, 0.2) is 11.5 Å². The predicted molar refractivity (Wildman–Crippen MR) is 102 cm³/mol. The number of rotatable bonds is 6. The second-order valence-corrected chi connectivity index (χ2v) is 6.01. The molecule has 0 spiro atoms. The molecule has 7 nitrogen and oxygen atoms in total. The van der Waals surface area contributed by atoms with Crippen LogP contribution in [-0.4, -0.2) is 32.9 Å². The standard InChI is InChI=1S/C20H20N4O3/c1-4-25-17-9-7-14(11-18(17)26-5-2)20-22-19(23-27-20)13-6-8-16-15(10-13)21-12-24(16)3/h6-12H,4-5H2,1-3H3. The molecule has 2 heterocycles. The third kappa shape index (κ3) is 3.23. The summed E-state index contributed by atoms with van der Waals surface area (Å²) in [7, 11) is 1.96. The van der Waals surface area contributed by atoms with Crippen molar-refractivity contribution in [2.24, 2.45) is 7.05 Å². The summed E-state index contributed by atoms with van der Waals surface area (Å²) in [6.45, 7) is 4.98. The minimum Gasteiger partial charge on any atom is -0.490 e. The van der Waals surface area contributed by atoms with Crippen LogP contribution in [0.25, 0.3) is 33.9 Å². The van der Waals surface area contributed by atoms with Crippen LogP contribution in [0.15, 0.2) is 47.2 Å². The van der Waals surface area contributed by atoms with Crippen LogP contribution in [0.4, 0.5) is 0 Å². The van der Waals surface area contributed by atoms with E-state index in [1.54, 1.807) is 6.33 Å². The van der Waals surface area contributed by atoms with Gasteiger partial charge in [-0.05, 0) is 50.2 Å². The van der Waals surface area contributed by atoms with E-state index in [4.69, 9.17) is 14.0 Å². The highest BCUT2D eigenvalue weighted by atomic mass is 16.5. The summed E-state index contributed by atoms with van der Waals surface area (Å²) in [6.07, 6.45) is 1.78. The summed E-state index contributed by atoms with van der Waals surface area (Å²) in [6, 6.07) is 11.5. The zero-order chi connectivity index (χ0) is 18.8. The number of nitrogens with zero attached hydrogens (tertiary/aromatic N) is 4. The van der Waals surface area contributed by atoms with Crippen molar-refractivity contribution in [2.75, 3.05) is 13.2 Å². The molecule has 0 amide bonds. The van der Waals surface area contributed by atoms with Crippen molar-refractivity contribution in [3.63, 3.8) is 0 Å². The second-order valence-electron chi connectivity index (χ2n) is 6.01. The largest absolute Gasteiger partial charge is 0.490 e. The summed E-state index contributed by atoms with van der Waals surface area (Å²) in [5, 5.41) is 4.12. The third-order valence-electron chi connectivity index (χ3n) is 4.20. The molecule has 0 bridgehead atoms. The Morgan fingerprint density at radius 1 is 0.963 bits per heavy atom. The van der Waals surface area contributed by atoms with Gasteiger partial charge in [-0.1, -0.05) is 5.16 Å². The zero-order valence-corrected chi connectivity index (χ0v) is 15.5. The van der Waals surface area contributed by atoms with Crippen LogP contribution < -0.4 is 9.47 Å². The zero-order valence-electron chi connectivity index (χ0n) is 15.5. The average Bonchev–Trinajstić information content (AvgIpc) is 3.31. The van der Waals surface area contributed by atoms with Crippen LogP contribution in [0.1, 0.15) is 13.8 Å². The molecule has 4 aromatic rings. The highest BCUT2D eigenvalue weighted by Gasteiger charge is 2.15. The van der Waals surface area contributed by atoms with Crippen LogP contribution in [0.2, 0.25) is 0 Å². The van der Waals surface area contributed by atoms with Crippen molar-refractivity contribution in [3.8, 4) is 34.3 Å². The highest BCUT2D eigenvalue weighted by Crippen LogP contribution is 2.33. The number of hydrogen-bond donors (Lipinski definition) is 0. The van der Waals surface area contributed by atoms with Crippen LogP contribution in [0.3, 0.4) is 0 Å². The fraction of sp³-hybridized carbons (Fsp3) is 0.250. The first-order valence-corrected chi connectivity index (χ1v) is 8.84. The highest BCUT2D eigenvalue weighted by molar-refractivity contribution is 5.80. The first kappa shape index (κ1) is 17.1. The van der Waals surface area contributed by atoms with Gasteiger partial charge in [0.2, 0.25) is 5.82 Å². The summed E-state index contributed by atoms with van der Waals surface area (Å²) >= 11 is 0.